The van der Waals surface area contributed by atoms with E-state index in [0.717, 1.165) is 11.1 Å². The largest absolute Gasteiger partial charge is 0.463 e. The summed E-state index contributed by atoms with van der Waals surface area (Å²) in [7, 11) is 0. The van der Waals surface area contributed by atoms with Crippen LogP contribution in [-0.4, -0.2) is 17.1 Å². The molecule has 0 radical (unpaired) electrons. The van der Waals surface area contributed by atoms with Crippen LogP contribution in [0.3, 0.4) is 0 Å². The molecule has 2 aromatic carbocycles. The first-order valence-corrected chi connectivity index (χ1v) is 11.9. The predicted molar refractivity (Wildman–Crippen MR) is 131 cm³/mol. The van der Waals surface area contributed by atoms with Crippen molar-refractivity contribution in [3.63, 3.8) is 0 Å². The Morgan fingerprint density at radius 3 is 2.60 bits per heavy atom. The fourth-order valence-electron chi connectivity index (χ4n) is 4.07. The Morgan fingerprint density at radius 2 is 1.89 bits per heavy atom. The summed E-state index contributed by atoms with van der Waals surface area (Å²) in [6.45, 7) is 3.71. The van der Waals surface area contributed by atoms with Gasteiger partial charge < -0.3 is 9.15 Å². The highest BCUT2D eigenvalue weighted by atomic mass is 32.1. The van der Waals surface area contributed by atoms with Crippen molar-refractivity contribution in [1.82, 2.24) is 4.57 Å². The molecule has 0 bridgehead atoms. The maximum absolute atomic E-state index is 13.6. The molecule has 0 fully saturated rings. The van der Waals surface area contributed by atoms with Crippen molar-refractivity contribution in [3.8, 4) is 11.3 Å². The number of rotatable bonds is 5. The van der Waals surface area contributed by atoms with E-state index in [4.69, 9.17) is 9.15 Å². The summed E-state index contributed by atoms with van der Waals surface area (Å²) < 4.78 is 26.4. The number of furan rings is 1. The number of hydrogen-bond acceptors (Lipinski definition) is 6. The second-order valence-corrected chi connectivity index (χ2v) is 8.93. The first-order valence-electron chi connectivity index (χ1n) is 11.1. The second kappa shape index (κ2) is 9.31. The van der Waals surface area contributed by atoms with E-state index in [-0.39, 0.29) is 18.0 Å². The van der Waals surface area contributed by atoms with Gasteiger partial charge in [0.15, 0.2) is 4.80 Å². The van der Waals surface area contributed by atoms with Gasteiger partial charge in [0.2, 0.25) is 0 Å². The number of fused-ring (bicyclic) bond motifs is 1. The summed E-state index contributed by atoms with van der Waals surface area (Å²) in [6, 6.07) is 18.2. The Labute approximate surface area is 203 Å². The average molecular weight is 489 g/mol. The van der Waals surface area contributed by atoms with Crippen molar-refractivity contribution in [2.45, 2.75) is 19.9 Å². The van der Waals surface area contributed by atoms with Crippen molar-refractivity contribution in [2.24, 2.45) is 4.99 Å². The lowest BCUT2D eigenvalue weighted by atomic mass is 9.96. The fourth-order valence-corrected chi connectivity index (χ4v) is 5.10. The van der Waals surface area contributed by atoms with Crippen LogP contribution in [0.2, 0.25) is 0 Å². The van der Waals surface area contributed by atoms with E-state index in [0.29, 0.717) is 32.1 Å². The number of benzene rings is 2. The highest BCUT2D eigenvalue weighted by molar-refractivity contribution is 7.07. The van der Waals surface area contributed by atoms with E-state index in [1.165, 1.54) is 28.0 Å². The standard InChI is InChI=1S/C27H21FN2O4S/c1-3-33-26(32)23-16(2)29-27-30(24(23)18-7-5-4-6-8-18)25(31)22(35-27)15-20-13-14-21(34-20)17-9-11-19(28)12-10-17/h4-15,24H,3H2,1-2H3/t24-/m0/s1. The SMILES string of the molecule is CCOC(=O)C1=C(C)N=c2sc(=Cc3ccc(-c4ccc(F)cc4)o3)c(=O)n2[C@H]1c1ccccc1. The molecule has 6 nitrogen and oxygen atoms in total. The smallest absolute Gasteiger partial charge is 0.338 e. The lowest BCUT2D eigenvalue weighted by molar-refractivity contribution is -0.139. The predicted octanol–water partition coefficient (Wildman–Crippen LogP) is 4.20. The first-order chi connectivity index (χ1) is 17.0. The van der Waals surface area contributed by atoms with Gasteiger partial charge in [0.1, 0.15) is 17.3 Å². The van der Waals surface area contributed by atoms with Gasteiger partial charge in [-0.15, -0.1) is 0 Å². The fraction of sp³-hybridized carbons (Fsp3) is 0.148. The molecule has 4 aromatic rings. The molecule has 176 valence electrons. The zero-order valence-electron chi connectivity index (χ0n) is 19.0. The molecule has 35 heavy (non-hydrogen) atoms. The molecule has 8 heteroatoms. The van der Waals surface area contributed by atoms with Gasteiger partial charge in [-0.25, -0.2) is 14.2 Å². The monoisotopic (exact) mass is 488 g/mol. The Bertz CT molecular complexity index is 1610. The molecule has 0 saturated carbocycles. The molecule has 0 saturated heterocycles. The van der Waals surface area contributed by atoms with Crippen LogP contribution in [-0.2, 0) is 9.53 Å². The molecule has 1 atom stereocenters. The van der Waals surface area contributed by atoms with Crippen LogP contribution in [0.1, 0.15) is 31.2 Å². The first kappa shape index (κ1) is 22.7. The molecular weight excluding hydrogens is 467 g/mol. The third-order valence-electron chi connectivity index (χ3n) is 5.66. The van der Waals surface area contributed by atoms with Crippen LogP contribution in [0.5, 0.6) is 0 Å². The third kappa shape index (κ3) is 4.28. The van der Waals surface area contributed by atoms with Crippen LogP contribution >= 0.6 is 11.3 Å². The number of ether oxygens (including phenoxy) is 1. The quantitative estimate of drug-likeness (QED) is 0.395. The Balaban J connectivity index is 1.62. The van der Waals surface area contributed by atoms with Gasteiger partial charge in [0.05, 0.1) is 28.5 Å². The number of aromatic nitrogens is 1. The number of thiazole rings is 1. The van der Waals surface area contributed by atoms with Crippen LogP contribution in [0, 0.1) is 5.82 Å². The van der Waals surface area contributed by atoms with E-state index in [1.54, 1.807) is 44.2 Å². The molecule has 0 N–H and O–H groups in total. The molecule has 1 aliphatic heterocycles. The lowest BCUT2D eigenvalue weighted by Crippen LogP contribution is -2.39. The maximum atomic E-state index is 13.6. The zero-order chi connectivity index (χ0) is 24.5. The second-order valence-electron chi connectivity index (χ2n) is 7.92. The van der Waals surface area contributed by atoms with Crippen molar-refractivity contribution in [2.75, 3.05) is 6.61 Å². The summed E-state index contributed by atoms with van der Waals surface area (Å²) in [6.07, 6.45) is 1.66. The van der Waals surface area contributed by atoms with Gasteiger partial charge in [-0.1, -0.05) is 41.7 Å². The zero-order valence-corrected chi connectivity index (χ0v) is 19.8. The number of nitrogens with zero attached hydrogens (tertiary/aromatic N) is 2. The van der Waals surface area contributed by atoms with Crippen LogP contribution in [0.15, 0.2) is 92.2 Å². The van der Waals surface area contributed by atoms with Gasteiger partial charge in [-0.05, 0) is 55.8 Å². The van der Waals surface area contributed by atoms with Gasteiger partial charge >= 0.3 is 5.97 Å². The van der Waals surface area contributed by atoms with Gasteiger partial charge in [0.25, 0.3) is 5.56 Å². The molecule has 0 aliphatic carbocycles. The molecular formula is C27H21FN2O4S. The van der Waals surface area contributed by atoms with Gasteiger partial charge in [-0.2, -0.15) is 0 Å². The van der Waals surface area contributed by atoms with E-state index in [1.807, 2.05) is 30.3 Å². The highest BCUT2D eigenvalue weighted by Gasteiger charge is 2.33. The number of carbonyl (C=O) groups is 1. The van der Waals surface area contributed by atoms with Crippen LogP contribution in [0.4, 0.5) is 4.39 Å². The topological polar surface area (TPSA) is 73.8 Å². The van der Waals surface area contributed by atoms with Crippen molar-refractivity contribution in [1.29, 1.82) is 0 Å². The summed E-state index contributed by atoms with van der Waals surface area (Å²) in [4.78, 5) is 31.5. The molecule has 0 unspecified atom stereocenters. The molecule has 3 heterocycles. The van der Waals surface area contributed by atoms with Gasteiger partial charge in [0, 0.05) is 11.6 Å². The molecule has 1 aliphatic rings. The molecule has 0 spiro atoms. The number of allylic oxidation sites excluding steroid dienone is 1. The minimum absolute atomic E-state index is 0.219. The Hall–Kier alpha value is -4.04. The maximum Gasteiger partial charge on any atom is 0.338 e. The number of halogens is 1. The lowest BCUT2D eigenvalue weighted by Gasteiger charge is -2.24. The third-order valence-corrected chi connectivity index (χ3v) is 6.64. The minimum Gasteiger partial charge on any atom is -0.463 e. The van der Waals surface area contributed by atoms with Crippen molar-refractivity contribution >= 4 is 23.4 Å². The number of carbonyl (C=O) groups excluding carboxylic acids is 1. The highest BCUT2D eigenvalue weighted by Crippen LogP contribution is 2.30. The molecule has 0 amide bonds. The van der Waals surface area contributed by atoms with E-state index in [9.17, 15) is 14.0 Å². The van der Waals surface area contributed by atoms with Crippen LogP contribution < -0.4 is 14.9 Å². The summed E-state index contributed by atoms with van der Waals surface area (Å²) in [5.41, 5.74) is 2.09. The van der Waals surface area contributed by atoms with E-state index in [2.05, 4.69) is 4.99 Å². The Kier molecular flexibility index (Phi) is 6.05. The summed E-state index contributed by atoms with van der Waals surface area (Å²) in [5, 5.41) is 0. The summed E-state index contributed by atoms with van der Waals surface area (Å²) >= 11 is 1.23. The summed E-state index contributed by atoms with van der Waals surface area (Å²) in [5.74, 6) is 0.220. The number of esters is 1. The normalized spacial score (nSPS) is 15.6. The van der Waals surface area contributed by atoms with Gasteiger partial charge in [-0.3, -0.25) is 9.36 Å². The van der Waals surface area contributed by atoms with Crippen molar-refractivity contribution < 1.29 is 18.3 Å². The van der Waals surface area contributed by atoms with E-state index >= 15 is 0 Å². The molecule has 2 aromatic heterocycles. The van der Waals surface area contributed by atoms with Crippen LogP contribution in [0.25, 0.3) is 17.4 Å². The number of hydrogen-bond donors (Lipinski definition) is 0. The van der Waals surface area contributed by atoms with E-state index < -0.39 is 12.0 Å². The molecule has 5 rings (SSSR count). The Morgan fingerprint density at radius 1 is 1.14 bits per heavy atom. The average Bonchev–Trinajstić information content (AvgIpc) is 3.44. The minimum atomic E-state index is -0.653. The van der Waals surface area contributed by atoms with Crippen molar-refractivity contribution in [3.05, 3.63) is 115 Å².